The molecule has 1 aromatic carbocycles. The smallest absolute Gasteiger partial charge is 0.190 e. The van der Waals surface area contributed by atoms with Gasteiger partial charge < -0.3 is 5.73 Å². The molecule has 2 nitrogen and oxygen atoms in total. The standard InChI is InChI=1S/C8H9NOS/c1-6(10)11-8-5-3-2-4-7(8)9/h2-5H,9H2,1H3. The predicted octanol–water partition coefficient (Wildman–Crippen LogP) is 1.91. The highest BCUT2D eigenvalue weighted by atomic mass is 32.2. The van der Waals surface area contributed by atoms with Crippen molar-refractivity contribution in [2.75, 3.05) is 5.73 Å². The summed E-state index contributed by atoms with van der Waals surface area (Å²) in [6, 6.07) is 7.33. The van der Waals surface area contributed by atoms with Crippen molar-refractivity contribution in [2.24, 2.45) is 0 Å². The van der Waals surface area contributed by atoms with Crippen molar-refractivity contribution in [1.82, 2.24) is 0 Å². The fraction of sp³-hybridized carbons (Fsp3) is 0.125. The minimum Gasteiger partial charge on any atom is -0.398 e. The summed E-state index contributed by atoms with van der Waals surface area (Å²) in [6.07, 6.45) is 0. The van der Waals surface area contributed by atoms with Gasteiger partial charge in [-0.1, -0.05) is 23.9 Å². The van der Waals surface area contributed by atoms with Crippen LogP contribution in [0.3, 0.4) is 0 Å². The van der Waals surface area contributed by atoms with Gasteiger partial charge in [-0.05, 0) is 12.1 Å². The van der Waals surface area contributed by atoms with Crippen molar-refractivity contribution < 1.29 is 4.79 Å². The first-order chi connectivity index (χ1) is 5.20. The molecule has 0 aromatic heterocycles. The summed E-state index contributed by atoms with van der Waals surface area (Å²) < 4.78 is 0. The van der Waals surface area contributed by atoms with Crippen LogP contribution in [0, 0.1) is 0 Å². The summed E-state index contributed by atoms with van der Waals surface area (Å²) in [5, 5.41) is 0.0582. The first-order valence-electron chi connectivity index (χ1n) is 3.23. The number of rotatable bonds is 1. The zero-order chi connectivity index (χ0) is 8.27. The van der Waals surface area contributed by atoms with Crippen molar-refractivity contribution in [1.29, 1.82) is 0 Å². The summed E-state index contributed by atoms with van der Waals surface area (Å²) in [5.41, 5.74) is 6.26. The van der Waals surface area contributed by atoms with Gasteiger partial charge in [-0.3, -0.25) is 4.79 Å². The monoisotopic (exact) mass is 167 g/mol. The Morgan fingerprint density at radius 3 is 2.64 bits per heavy atom. The summed E-state index contributed by atoms with van der Waals surface area (Å²) in [7, 11) is 0. The molecule has 11 heavy (non-hydrogen) atoms. The molecule has 0 spiro atoms. The fourth-order valence-corrected chi connectivity index (χ4v) is 1.37. The maximum absolute atomic E-state index is 10.7. The van der Waals surface area contributed by atoms with Crippen LogP contribution in [0.25, 0.3) is 0 Å². The molecule has 0 unspecified atom stereocenters. The third-order valence-corrected chi connectivity index (χ3v) is 2.05. The molecule has 0 saturated heterocycles. The average Bonchev–Trinajstić information content (AvgIpc) is 1.93. The van der Waals surface area contributed by atoms with E-state index in [1.807, 2.05) is 18.2 Å². The maximum Gasteiger partial charge on any atom is 0.190 e. The molecule has 0 radical (unpaired) electrons. The number of nitrogens with two attached hydrogens (primary N) is 1. The number of carbonyl (C=O) groups excluding carboxylic acids is 1. The van der Waals surface area contributed by atoms with Crippen LogP contribution < -0.4 is 5.73 Å². The van der Waals surface area contributed by atoms with Gasteiger partial charge in [0, 0.05) is 17.5 Å². The van der Waals surface area contributed by atoms with E-state index in [2.05, 4.69) is 0 Å². The molecule has 1 aromatic rings. The molecule has 0 aliphatic carbocycles. The molecule has 0 aliphatic rings. The van der Waals surface area contributed by atoms with Gasteiger partial charge in [0.15, 0.2) is 5.12 Å². The Bertz CT molecular complexity index is 273. The molecule has 0 bridgehead atoms. The second-order valence-corrected chi connectivity index (χ2v) is 3.35. The van der Waals surface area contributed by atoms with E-state index in [0.717, 1.165) is 16.7 Å². The molecule has 0 aliphatic heterocycles. The third kappa shape index (κ3) is 2.27. The van der Waals surface area contributed by atoms with Crippen LogP contribution in [-0.2, 0) is 4.79 Å². The van der Waals surface area contributed by atoms with Gasteiger partial charge in [-0.15, -0.1) is 0 Å². The highest BCUT2D eigenvalue weighted by Gasteiger charge is 2.00. The quantitative estimate of drug-likeness (QED) is 0.513. The van der Waals surface area contributed by atoms with Crippen LogP contribution in [0.5, 0.6) is 0 Å². The van der Waals surface area contributed by atoms with E-state index in [9.17, 15) is 4.79 Å². The van der Waals surface area contributed by atoms with Gasteiger partial charge in [0.1, 0.15) is 0 Å². The number of thioether (sulfide) groups is 1. The Balaban J connectivity index is 2.86. The van der Waals surface area contributed by atoms with Crippen molar-refractivity contribution in [3.8, 4) is 0 Å². The molecule has 3 heteroatoms. The number of benzene rings is 1. The lowest BCUT2D eigenvalue weighted by atomic mass is 10.3. The SMILES string of the molecule is CC(=O)Sc1ccccc1N. The molecule has 0 saturated carbocycles. The van der Waals surface area contributed by atoms with Gasteiger partial charge in [0.05, 0.1) is 0 Å². The molecule has 2 N–H and O–H groups in total. The third-order valence-electron chi connectivity index (χ3n) is 1.17. The number of hydrogen-bond donors (Lipinski definition) is 1. The van der Waals surface area contributed by atoms with Crippen molar-refractivity contribution in [2.45, 2.75) is 11.8 Å². The maximum atomic E-state index is 10.7. The van der Waals surface area contributed by atoms with Gasteiger partial charge in [0.25, 0.3) is 0 Å². The first kappa shape index (κ1) is 8.14. The van der Waals surface area contributed by atoms with E-state index in [1.165, 1.54) is 6.92 Å². The molecule has 0 fully saturated rings. The van der Waals surface area contributed by atoms with Gasteiger partial charge in [-0.2, -0.15) is 0 Å². The topological polar surface area (TPSA) is 43.1 Å². The molecule has 0 heterocycles. The van der Waals surface area contributed by atoms with Crippen LogP contribution in [0.4, 0.5) is 5.69 Å². The molecule has 0 amide bonds. The number of nitrogen functional groups attached to an aromatic ring is 1. The molecule has 0 atom stereocenters. The Morgan fingerprint density at radius 2 is 2.09 bits per heavy atom. The Hall–Kier alpha value is -0.960. The summed E-state index contributed by atoms with van der Waals surface area (Å²) in [6.45, 7) is 1.52. The van der Waals surface area contributed by atoms with E-state index < -0.39 is 0 Å². The highest BCUT2D eigenvalue weighted by molar-refractivity contribution is 8.13. The Kier molecular flexibility index (Phi) is 2.54. The van der Waals surface area contributed by atoms with E-state index in [1.54, 1.807) is 6.07 Å². The fourth-order valence-electron chi connectivity index (χ4n) is 0.728. The van der Waals surface area contributed by atoms with Crippen molar-refractivity contribution >= 4 is 22.6 Å². The van der Waals surface area contributed by atoms with Crippen LogP contribution >= 0.6 is 11.8 Å². The van der Waals surface area contributed by atoms with Crippen molar-refractivity contribution in [3.05, 3.63) is 24.3 Å². The molecule has 58 valence electrons. The summed E-state index contributed by atoms with van der Waals surface area (Å²) in [5.74, 6) is 0. The summed E-state index contributed by atoms with van der Waals surface area (Å²) in [4.78, 5) is 11.5. The minimum absolute atomic E-state index is 0.0582. The minimum atomic E-state index is 0.0582. The molecule has 1 rings (SSSR count). The normalized spacial score (nSPS) is 9.55. The second-order valence-electron chi connectivity index (χ2n) is 2.13. The summed E-state index contributed by atoms with van der Waals surface area (Å²) >= 11 is 1.16. The largest absolute Gasteiger partial charge is 0.398 e. The lowest BCUT2D eigenvalue weighted by Crippen LogP contribution is -1.89. The van der Waals surface area contributed by atoms with Gasteiger partial charge in [0.2, 0.25) is 0 Å². The van der Waals surface area contributed by atoms with Crippen LogP contribution in [0.15, 0.2) is 29.2 Å². The van der Waals surface area contributed by atoms with Crippen LogP contribution in [0.2, 0.25) is 0 Å². The molecular formula is C8H9NOS. The lowest BCUT2D eigenvalue weighted by Gasteiger charge is -1.99. The predicted molar refractivity (Wildman–Crippen MR) is 47.4 cm³/mol. The Morgan fingerprint density at radius 1 is 1.45 bits per heavy atom. The van der Waals surface area contributed by atoms with E-state index in [4.69, 9.17) is 5.73 Å². The molecular weight excluding hydrogens is 158 g/mol. The van der Waals surface area contributed by atoms with Gasteiger partial charge in [-0.25, -0.2) is 0 Å². The van der Waals surface area contributed by atoms with E-state index in [0.29, 0.717) is 5.69 Å². The number of carbonyl (C=O) groups is 1. The second kappa shape index (κ2) is 3.44. The zero-order valence-electron chi connectivity index (χ0n) is 6.20. The van der Waals surface area contributed by atoms with Gasteiger partial charge >= 0.3 is 0 Å². The number of anilines is 1. The first-order valence-corrected chi connectivity index (χ1v) is 4.04. The van der Waals surface area contributed by atoms with E-state index >= 15 is 0 Å². The highest BCUT2D eigenvalue weighted by Crippen LogP contribution is 2.24. The number of para-hydroxylation sites is 1. The van der Waals surface area contributed by atoms with Crippen LogP contribution in [-0.4, -0.2) is 5.12 Å². The van der Waals surface area contributed by atoms with Crippen molar-refractivity contribution in [3.63, 3.8) is 0 Å². The average molecular weight is 167 g/mol. The van der Waals surface area contributed by atoms with Crippen LogP contribution in [0.1, 0.15) is 6.92 Å². The zero-order valence-corrected chi connectivity index (χ0v) is 7.02. The van der Waals surface area contributed by atoms with E-state index in [-0.39, 0.29) is 5.12 Å². The number of hydrogen-bond acceptors (Lipinski definition) is 3. The lowest BCUT2D eigenvalue weighted by molar-refractivity contribution is -0.109. The Labute approximate surface area is 69.8 Å².